The highest BCUT2D eigenvalue weighted by molar-refractivity contribution is 9.10. The summed E-state index contributed by atoms with van der Waals surface area (Å²) in [7, 11) is 0. The van der Waals surface area contributed by atoms with Crippen LogP contribution < -0.4 is 10.6 Å². The first-order chi connectivity index (χ1) is 8.24. The molecule has 1 unspecified atom stereocenters. The molecule has 17 heavy (non-hydrogen) atoms. The van der Waals surface area contributed by atoms with E-state index < -0.39 is 0 Å². The van der Waals surface area contributed by atoms with Gasteiger partial charge in [0.1, 0.15) is 5.82 Å². The van der Waals surface area contributed by atoms with Crippen LogP contribution in [0.5, 0.6) is 0 Å². The fourth-order valence-corrected chi connectivity index (χ4v) is 2.45. The number of halogens is 1. The number of morpholine rings is 1. The van der Waals surface area contributed by atoms with Gasteiger partial charge in [-0.25, -0.2) is 4.98 Å². The minimum Gasteiger partial charge on any atom is -0.375 e. The molecule has 2 N–H and O–H groups in total. The highest BCUT2D eigenvalue weighted by Gasteiger charge is 2.21. The Kier molecular flexibility index (Phi) is 4.36. The minimum atomic E-state index is 0.305. The summed E-state index contributed by atoms with van der Waals surface area (Å²) >= 11 is 3.43. The fourth-order valence-electron chi connectivity index (χ4n) is 2.07. The van der Waals surface area contributed by atoms with Gasteiger partial charge in [0, 0.05) is 35.9 Å². The van der Waals surface area contributed by atoms with E-state index >= 15 is 0 Å². The number of aromatic nitrogens is 1. The molecule has 1 aliphatic rings. The zero-order valence-corrected chi connectivity index (χ0v) is 11.6. The third kappa shape index (κ3) is 2.97. The maximum atomic E-state index is 5.77. The fraction of sp³-hybridized carbons (Fsp3) is 0.583. The molecule has 1 aromatic heterocycles. The zero-order valence-electron chi connectivity index (χ0n) is 10.0. The standard InChI is InChI=1S/C12H18BrN3O/c1-2-11-8-16(3-4-17-11)12-9(6-14)5-10(13)7-15-12/h5,7,11H,2-4,6,8,14H2,1H3. The molecule has 1 aromatic rings. The summed E-state index contributed by atoms with van der Waals surface area (Å²) < 4.78 is 6.64. The normalized spacial score (nSPS) is 20.6. The minimum absolute atomic E-state index is 0.305. The van der Waals surface area contributed by atoms with Crippen LogP contribution in [-0.4, -0.2) is 30.8 Å². The van der Waals surface area contributed by atoms with Crippen molar-refractivity contribution in [1.82, 2.24) is 4.98 Å². The van der Waals surface area contributed by atoms with Gasteiger partial charge >= 0.3 is 0 Å². The monoisotopic (exact) mass is 299 g/mol. The number of nitrogens with zero attached hydrogens (tertiary/aromatic N) is 2. The highest BCUT2D eigenvalue weighted by Crippen LogP contribution is 2.23. The van der Waals surface area contributed by atoms with Crippen LogP contribution in [0.15, 0.2) is 16.7 Å². The van der Waals surface area contributed by atoms with Gasteiger partial charge in [0.05, 0.1) is 12.7 Å². The van der Waals surface area contributed by atoms with Crippen molar-refractivity contribution >= 4 is 21.7 Å². The van der Waals surface area contributed by atoms with Crippen molar-refractivity contribution in [3.63, 3.8) is 0 Å². The van der Waals surface area contributed by atoms with Crippen LogP contribution in [0.25, 0.3) is 0 Å². The first kappa shape index (κ1) is 12.8. The van der Waals surface area contributed by atoms with Crippen LogP contribution in [0.4, 0.5) is 5.82 Å². The number of ether oxygens (including phenoxy) is 1. The molecule has 0 spiro atoms. The van der Waals surface area contributed by atoms with Gasteiger partial charge in [-0.15, -0.1) is 0 Å². The largest absolute Gasteiger partial charge is 0.375 e. The quantitative estimate of drug-likeness (QED) is 0.926. The first-order valence-corrected chi connectivity index (χ1v) is 6.75. The Bertz CT molecular complexity index is 386. The molecule has 0 radical (unpaired) electrons. The second-order valence-corrected chi connectivity index (χ2v) is 5.10. The SMILES string of the molecule is CCC1CN(c2ncc(Br)cc2CN)CCO1. The van der Waals surface area contributed by atoms with Crippen molar-refractivity contribution in [2.45, 2.75) is 26.0 Å². The molecule has 2 heterocycles. The molecule has 1 fully saturated rings. The molecular weight excluding hydrogens is 282 g/mol. The maximum Gasteiger partial charge on any atom is 0.133 e. The van der Waals surface area contributed by atoms with E-state index in [1.807, 2.05) is 12.3 Å². The highest BCUT2D eigenvalue weighted by atomic mass is 79.9. The van der Waals surface area contributed by atoms with Crippen molar-refractivity contribution < 1.29 is 4.74 Å². The molecule has 0 saturated carbocycles. The van der Waals surface area contributed by atoms with Crippen molar-refractivity contribution in [3.05, 3.63) is 22.3 Å². The predicted octanol–water partition coefficient (Wildman–Crippen LogP) is 1.92. The van der Waals surface area contributed by atoms with E-state index in [0.29, 0.717) is 12.6 Å². The van der Waals surface area contributed by atoms with E-state index in [1.165, 1.54) is 0 Å². The number of anilines is 1. The Labute approximate surface area is 110 Å². The summed E-state index contributed by atoms with van der Waals surface area (Å²) in [6.45, 7) is 5.21. The summed E-state index contributed by atoms with van der Waals surface area (Å²) in [5.41, 5.74) is 6.85. The number of hydrogen-bond donors (Lipinski definition) is 1. The molecule has 4 nitrogen and oxygen atoms in total. The number of pyridine rings is 1. The molecule has 1 atom stereocenters. The van der Waals surface area contributed by atoms with E-state index in [2.05, 4.69) is 32.7 Å². The number of rotatable bonds is 3. The molecule has 0 aliphatic carbocycles. The summed E-state index contributed by atoms with van der Waals surface area (Å²) in [6.07, 6.45) is 3.16. The van der Waals surface area contributed by atoms with Gasteiger partial charge in [-0.3, -0.25) is 0 Å². The lowest BCUT2D eigenvalue weighted by Crippen LogP contribution is -2.43. The van der Waals surface area contributed by atoms with E-state index in [-0.39, 0.29) is 0 Å². The van der Waals surface area contributed by atoms with Crippen molar-refractivity contribution in [2.75, 3.05) is 24.6 Å². The van der Waals surface area contributed by atoms with Gasteiger partial charge in [0.15, 0.2) is 0 Å². The Hall–Kier alpha value is -0.650. The average Bonchev–Trinajstić information content (AvgIpc) is 2.38. The number of nitrogens with two attached hydrogens (primary N) is 1. The van der Waals surface area contributed by atoms with E-state index in [1.54, 1.807) is 0 Å². The van der Waals surface area contributed by atoms with Gasteiger partial charge in [0.25, 0.3) is 0 Å². The molecule has 94 valence electrons. The molecule has 0 amide bonds. The molecule has 5 heteroatoms. The number of hydrogen-bond acceptors (Lipinski definition) is 4. The molecule has 0 bridgehead atoms. The lowest BCUT2D eigenvalue weighted by atomic mass is 10.2. The van der Waals surface area contributed by atoms with Gasteiger partial charge in [-0.05, 0) is 28.4 Å². The summed E-state index contributed by atoms with van der Waals surface area (Å²) in [5.74, 6) is 0.998. The van der Waals surface area contributed by atoms with Gasteiger partial charge in [-0.1, -0.05) is 6.92 Å². The molecular formula is C12H18BrN3O. The zero-order chi connectivity index (χ0) is 12.3. The van der Waals surface area contributed by atoms with Crippen LogP contribution in [0.3, 0.4) is 0 Å². The predicted molar refractivity (Wildman–Crippen MR) is 72.1 cm³/mol. The summed E-state index contributed by atoms with van der Waals surface area (Å²) in [6, 6.07) is 2.04. The topological polar surface area (TPSA) is 51.4 Å². The molecule has 1 aliphatic heterocycles. The Balaban J connectivity index is 2.20. The van der Waals surface area contributed by atoms with Crippen LogP contribution in [0.1, 0.15) is 18.9 Å². The van der Waals surface area contributed by atoms with Crippen molar-refractivity contribution in [3.8, 4) is 0 Å². The Morgan fingerprint density at radius 2 is 2.47 bits per heavy atom. The van der Waals surface area contributed by atoms with Crippen LogP contribution >= 0.6 is 15.9 Å². The summed E-state index contributed by atoms with van der Waals surface area (Å²) in [5, 5.41) is 0. The second kappa shape index (κ2) is 5.80. The molecule has 2 rings (SSSR count). The van der Waals surface area contributed by atoms with Gasteiger partial charge in [-0.2, -0.15) is 0 Å². The first-order valence-electron chi connectivity index (χ1n) is 5.95. The average molecular weight is 300 g/mol. The third-order valence-electron chi connectivity index (χ3n) is 3.02. The van der Waals surface area contributed by atoms with Crippen LogP contribution in [0.2, 0.25) is 0 Å². The van der Waals surface area contributed by atoms with E-state index in [4.69, 9.17) is 10.5 Å². The second-order valence-electron chi connectivity index (χ2n) is 4.19. The van der Waals surface area contributed by atoms with Crippen molar-refractivity contribution in [2.24, 2.45) is 5.73 Å². The molecule has 0 aromatic carbocycles. The lowest BCUT2D eigenvalue weighted by Gasteiger charge is -2.34. The van der Waals surface area contributed by atoms with Crippen LogP contribution in [0, 0.1) is 0 Å². The van der Waals surface area contributed by atoms with Crippen LogP contribution in [-0.2, 0) is 11.3 Å². The summed E-state index contributed by atoms with van der Waals surface area (Å²) in [4.78, 5) is 6.76. The van der Waals surface area contributed by atoms with Crippen molar-refractivity contribution in [1.29, 1.82) is 0 Å². The maximum absolute atomic E-state index is 5.77. The lowest BCUT2D eigenvalue weighted by molar-refractivity contribution is 0.0381. The van der Waals surface area contributed by atoms with Gasteiger partial charge < -0.3 is 15.4 Å². The van der Waals surface area contributed by atoms with E-state index in [9.17, 15) is 0 Å². The smallest absolute Gasteiger partial charge is 0.133 e. The van der Waals surface area contributed by atoms with Gasteiger partial charge in [0.2, 0.25) is 0 Å². The Morgan fingerprint density at radius 3 is 3.18 bits per heavy atom. The Morgan fingerprint density at radius 1 is 1.65 bits per heavy atom. The molecule has 1 saturated heterocycles. The van der Waals surface area contributed by atoms with E-state index in [0.717, 1.165) is 42.0 Å². The third-order valence-corrected chi connectivity index (χ3v) is 3.46.